The summed E-state index contributed by atoms with van der Waals surface area (Å²) < 4.78 is 5.62. The highest BCUT2D eigenvalue weighted by Gasteiger charge is 2.23. The lowest BCUT2D eigenvalue weighted by Crippen LogP contribution is -2.31. The van der Waals surface area contributed by atoms with E-state index in [0.717, 1.165) is 16.5 Å². The number of hydrogen-bond acceptors (Lipinski definition) is 4. The molecule has 1 amide bonds. The van der Waals surface area contributed by atoms with E-state index in [2.05, 4.69) is 11.1 Å². The normalized spacial score (nSPS) is 14.5. The van der Waals surface area contributed by atoms with Crippen molar-refractivity contribution in [1.29, 1.82) is 0 Å². The molecule has 3 heterocycles. The largest absolute Gasteiger partial charge is 0.467 e. The number of nitrogens with zero attached hydrogens (tertiary/aromatic N) is 2. The van der Waals surface area contributed by atoms with Gasteiger partial charge in [-0.2, -0.15) is 0 Å². The van der Waals surface area contributed by atoms with Crippen LogP contribution in [0.4, 0.5) is 0 Å². The highest BCUT2D eigenvalue weighted by atomic mass is 32.1. The van der Waals surface area contributed by atoms with Crippen LogP contribution in [0.1, 0.15) is 10.4 Å². The highest BCUT2D eigenvalue weighted by Crippen LogP contribution is 2.27. The summed E-state index contributed by atoms with van der Waals surface area (Å²) >= 11 is 1.66. The molecule has 0 fully saturated rings. The van der Waals surface area contributed by atoms with Crippen molar-refractivity contribution in [3.05, 3.63) is 58.3 Å². The van der Waals surface area contributed by atoms with Gasteiger partial charge in [-0.1, -0.05) is 24.3 Å². The van der Waals surface area contributed by atoms with Gasteiger partial charge in [0.05, 0.1) is 18.6 Å². The fraction of sp³-hybridized carbons (Fsp3) is 0.176. The van der Waals surface area contributed by atoms with E-state index in [1.807, 2.05) is 46.7 Å². The van der Waals surface area contributed by atoms with E-state index in [0.29, 0.717) is 19.0 Å². The molecule has 0 spiro atoms. The lowest BCUT2D eigenvalue weighted by atomic mass is 10.1. The van der Waals surface area contributed by atoms with Crippen LogP contribution in [0.2, 0.25) is 0 Å². The van der Waals surface area contributed by atoms with Crippen LogP contribution in [0.15, 0.2) is 47.8 Å². The molecule has 0 saturated carbocycles. The first-order chi connectivity index (χ1) is 10.8. The fourth-order valence-electron chi connectivity index (χ4n) is 2.63. The van der Waals surface area contributed by atoms with Gasteiger partial charge in [0.25, 0.3) is 5.91 Å². The number of para-hydroxylation sites is 1. The van der Waals surface area contributed by atoms with Gasteiger partial charge in [-0.05, 0) is 23.6 Å². The minimum absolute atomic E-state index is 0.00421. The minimum atomic E-state index is -0.00421. The molecule has 1 aliphatic rings. The zero-order valence-electron chi connectivity index (χ0n) is 11.9. The van der Waals surface area contributed by atoms with Gasteiger partial charge in [0, 0.05) is 15.8 Å². The van der Waals surface area contributed by atoms with Crippen LogP contribution in [0.5, 0.6) is 5.88 Å². The van der Waals surface area contributed by atoms with Crippen molar-refractivity contribution in [3.63, 3.8) is 0 Å². The summed E-state index contributed by atoms with van der Waals surface area (Å²) in [6.07, 6.45) is 0. The lowest BCUT2D eigenvalue weighted by Gasteiger charge is -2.19. The first-order valence-corrected chi connectivity index (χ1v) is 7.99. The van der Waals surface area contributed by atoms with Gasteiger partial charge in [-0.25, -0.2) is 4.98 Å². The predicted octanol–water partition coefficient (Wildman–Crippen LogP) is 3.22. The Morgan fingerprint density at radius 3 is 3.00 bits per heavy atom. The molecule has 0 atom stereocenters. The summed E-state index contributed by atoms with van der Waals surface area (Å²) in [6.45, 7) is 1.19. The molecule has 0 unspecified atom stereocenters. The maximum Gasteiger partial charge on any atom is 0.261 e. The molecule has 0 aliphatic carbocycles. The quantitative estimate of drug-likeness (QED) is 0.730. The van der Waals surface area contributed by atoms with Crippen molar-refractivity contribution >= 4 is 28.1 Å². The summed E-state index contributed by atoms with van der Waals surface area (Å²) in [5, 5.41) is 3.09. The molecule has 1 aromatic carbocycles. The van der Waals surface area contributed by atoms with Crippen LogP contribution in [0.25, 0.3) is 10.9 Å². The number of carbonyl (C=O) groups excluding carboxylic acids is 1. The van der Waals surface area contributed by atoms with Crippen molar-refractivity contribution in [2.75, 3.05) is 6.61 Å². The van der Waals surface area contributed by atoms with Crippen molar-refractivity contribution in [1.82, 2.24) is 9.88 Å². The van der Waals surface area contributed by atoms with Crippen molar-refractivity contribution in [2.24, 2.45) is 0 Å². The van der Waals surface area contributed by atoms with Gasteiger partial charge in [-0.15, -0.1) is 11.3 Å². The summed E-state index contributed by atoms with van der Waals surface area (Å²) in [5.74, 6) is 0.566. The molecular formula is C17H14N2O2S. The van der Waals surface area contributed by atoms with E-state index in [1.54, 1.807) is 11.3 Å². The molecular weight excluding hydrogens is 296 g/mol. The first-order valence-electron chi connectivity index (χ1n) is 7.11. The molecule has 0 saturated heterocycles. The van der Waals surface area contributed by atoms with E-state index in [9.17, 15) is 4.79 Å². The third kappa shape index (κ3) is 2.44. The molecule has 4 nitrogen and oxygen atoms in total. The molecule has 5 heteroatoms. The number of amides is 1. The second kappa shape index (κ2) is 5.42. The number of pyridine rings is 1. The van der Waals surface area contributed by atoms with E-state index < -0.39 is 0 Å². The maximum absolute atomic E-state index is 12.3. The summed E-state index contributed by atoms with van der Waals surface area (Å²) in [6, 6.07) is 14.0. The van der Waals surface area contributed by atoms with E-state index in [-0.39, 0.29) is 12.5 Å². The van der Waals surface area contributed by atoms with Gasteiger partial charge in [0.2, 0.25) is 5.88 Å². The molecule has 3 aromatic rings. The average Bonchev–Trinajstić information content (AvgIpc) is 2.99. The Balaban J connectivity index is 1.70. The van der Waals surface area contributed by atoms with Gasteiger partial charge in [0.15, 0.2) is 6.61 Å². The van der Waals surface area contributed by atoms with E-state index in [1.165, 1.54) is 4.88 Å². The fourth-order valence-corrected chi connectivity index (χ4v) is 3.35. The SMILES string of the molecule is O=C1COc2nc3ccccc3cc2CN1Cc1cccs1. The van der Waals surface area contributed by atoms with Crippen LogP contribution in [-0.4, -0.2) is 22.4 Å². The molecule has 2 aromatic heterocycles. The minimum Gasteiger partial charge on any atom is -0.467 e. The summed E-state index contributed by atoms with van der Waals surface area (Å²) in [7, 11) is 0. The van der Waals surface area contributed by atoms with Crippen LogP contribution in [0.3, 0.4) is 0 Å². The highest BCUT2D eigenvalue weighted by molar-refractivity contribution is 7.09. The number of aromatic nitrogens is 1. The maximum atomic E-state index is 12.3. The van der Waals surface area contributed by atoms with Gasteiger partial charge >= 0.3 is 0 Å². The molecule has 22 heavy (non-hydrogen) atoms. The monoisotopic (exact) mass is 310 g/mol. The number of carbonyl (C=O) groups is 1. The zero-order valence-corrected chi connectivity index (χ0v) is 12.7. The van der Waals surface area contributed by atoms with Gasteiger partial charge in [0.1, 0.15) is 0 Å². The lowest BCUT2D eigenvalue weighted by molar-refractivity contribution is -0.133. The summed E-state index contributed by atoms with van der Waals surface area (Å²) in [5.41, 5.74) is 1.85. The molecule has 0 N–H and O–H groups in total. The number of thiophene rings is 1. The third-order valence-electron chi connectivity index (χ3n) is 3.74. The topological polar surface area (TPSA) is 42.4 Å². The zero-order chi connectivity index (χ0) is 14.9. The molecule has 110 valence electrons. The Labute approximate surface area is 132 Å². The van der Waals surface area contributed by atoms with Crippen molar-refractivity contribution < 1.29 is 9.53 Å². The molecule has 0 bridgehead atoms. The number of ether oxygens (including phenoxy) is 1. The first kappa shape index (κ1) is 13.3. The van der Waals surface area contributed by atoms with Crippen LogP contribution in [0, 0.1) is 0 Å². The standard InChI is InChI=1S/C17H14N2O2S/c20-16-11-21-17-13(8-12-4-1-2-6-15(12)18-17)9-19(16)10-14-5-3-7-22-14/h1-8H,9-11H2. The second-order valence-electron chi connectivity index (χ2n) is 5.26. The van der Waals surface area contributed by atoms with Crippen LogP contribution < -0.4 is 4.74 Å². The average molecular weight is 310 g/mol. The molecule has 1 aliphatic heterocycles. The predicted molar refractivity (Wildman–Crippen MR) is 85.8 cm³/mol. The van der Waals surface area contributed by atoms with Crippen molar-refractivity contribution in [2.45, 2.75) is 13.1 Å². The summed E-state index contributed by atoms with van der Waals surface area (Å²) in [4.78, 5) is 19.8. The molecule has 4 rings (SSSR count). The second-order valence-corrected chi connectivity index (χ2v) is 6.30. The molecule has 0 radical (unpaired) electrons. The van der Waals surface area contributed by atoms with Gasteiger partial charge < -0.3 is 9.64 Å². The Morgan fingerprint density at radius 2 is 2.14 bits per heavy atom. The van der Waals surface area contributed by atoms with Crippen LogP contribution >= 0.6 is 11.3 Å². The van der Waals surface area contributed by atoms with E-state index >= 15 is 0 Å². The smallest absolute Gasteiger partial charge is 0.261 e. The Hall–Kier alpha value is -2.40. The number of fused-ring (bicyclic) bond motifs is 2. The van der Waals surface area contributed by atoms with Crippen molar-refractivity contribution in [3.8, 4) is 5.88 Å². The number of benzene rings is 1. The Bertz CT molecular complexity index is 830. The Kier molecular flexibility index (Phi) is 3.27. The Morgan fingerprint density at radius 1 is 1.23 bits per heavy atom. The van der Waals surface area contributed by atoms with Gasteiger partial charge in [-0.3, -0.25) is 4.79 Å². The van der Waals surface area contributed by atoms with E-state index in [4.69, 9.17) is 4.74 Å². The van der Waals surface area contributed by atoms with Crippen LogP contribution in [-0.2, 0) is 17.9 Å². The third-order valence-corrected chi connectivity index (χ3v) is 4.60. The number of hydrogen-bond donors (Lipinski definition) is 0. The number of rotatable bonds is 2.